The van der Waals surface area contributed by atoms with Gasteiger partial charge >= 0.3 is 0 Å². The molecule has 171 valence electrons. The van der Waals surface area contributed by atoms with Crippen LogP contribution in [0.2, 0.25) is 26.2 Å². The maximum absolute atomic E-state index is 6.57. The molecule has 1 aromatic carbocycles. The third-order valence-corrected chi connectivity index (χ3v) is 12.1. The van der Waals surface area contributed by atoms with E-state index in [1.54, 1.807) is 10.4 Å². The molecule has 4 heteroatoms. The van der Waals surface area contributed by atoms with E-state index in [-0.39, 0.29) is 5.41 Å². The van der Waals surface area contributed by atoms with E-state index in [1.807, 2.05) is 6.08 Å². The second kappa shape index (κ2) is 9.15. The molecular formula is C27H44NOSi2. The Balaban J connectivity index is 2.95. The predicted molar refractivity (Wildman–Crippen MR) is 143 cm³/mol. The largest absolute Gasteiger partial charge is 0.489 e. The summed E-state index contributed by atoms with van der Waals surface area (Å²) in [5, 5.41) is 4.60. The summed E-state index contributed by atoms with van der Waals surface area (Å²) < 4.78 is 6.57. The average molecular weight is 455 g/mol. The van der Waals surface area contributed by atoms with Gasteiger partial charge in [-0.05, 0) is 47.2 Å². The van der Waals surface area contributed by atoms with Crippen molar-refractivity contribution in [2.24, 2.45) is 5.92 Å². The van der Waals surface area contributed by atoms with Gasteiger partial charge in [-0.25, -0.2) is 0 Å². The van der Waals surface area contributed by atoms with Gasteiger partial charge in [0.15, 0.2) is 0 Å². The van der Waals surface area contributed by atoms with Gasteiger partial charge in [0.25, 0.3) is 0 Å². The van der Waals surface area contributed by atoms with Crippen LogP contribution in [-0.2, 0) is 5.41 Å². The Hall–Kier alpha value is -1.53. The molecule has 0 heterocycles. The van der Waals surface area contributed by atoms with Gasteiger partial charge in [-0.2, -0.15) is 0 Å². The van der Waals surface area contributed by atoms with Crippen molar-refractivity contribution in [3.05, 3.63) is 52.4 Å². The zero-order valence-electron chi connectivity index (χ0n) is 22.1. The van der Waals surface area contributed by atoms with Crippen LogP contribution >= 0.6 is 0 Å². The van der Waals surface area contributed by atoms with Crippen LogP contribution in [0.5, 0.6) is 5.75 Å². The zero-order chi connectivity index (χ0) is 23.9. The summed E-state index contributed by atoms with van der Waals surface area (Å²) in [6.07, 6.45) is 4.27. The monoisotopic (exact) mass is 454 g/mol. The molecule has 1 atom stereocenters. The Bertz CT molecular complexity index is 914. The first-order valence-corrected chi connectivity index (χ1v) is 17.0. The number of hydrogen-bond donors (Lipinski definition) is 0. The second-order valence-electron chi connectivity index (χ2n) is 11.1. The van der Waals surface area contributed by atoms with Gasteiger partial charge < -0.3 is 9.64 Å². The van der Waals surface area contributed by atoms with E-state index >= 15 is 0 Å². The Morgan fingerprint density at radius 3 is 2.23 bits per heavy atom. The van der Waals surface area contributed by atoms with Crippen LogP contribution in [0, 0.1) is 12.8 Å². The van der Waals surface area contributed by atoms with Gasteiger partial charge in [0, 0.05) is 19.8 Å². The maximum atomic E-state index is 6.57. The quantitative estimate of drug-likeness (QED) is 0.388. The molecule has 0 amide bonds. The van der Waals surface area contributed by atoms with Crippen LogP contribution in [0.25, 0.3) is 0 Å². The molecule has 0 aliphatic heterocycles. The molecule has 0 spiro atoms. The van der Waals surface area contributed by atoms with E-state index in [0.29, 0.717) is 12.5 Å². The molecule has 1 radical (unpaired) electrons. The van der Waals surface area contributed by atoms with E-state index in [0.717, 1.165) is 5.75 Å². The van der Waals surface area contributed by atoms with E-state index in [4.69, 9.17) is 4.74 Å². The van der Waals surface area contributed by atoms with Crippen molar-refractivity contribution in [2.75, 3.05) is 20.7 Å². The van der Waals surface area contributed by atoms with Crippen molar-refractivity contribution < 1.29 is 4.74 Å². The normalized spacial score (nSPS) is 17.3. The highest BCUT2D eigenvalue weighted by molar-refractivity contribution is 6.96. The molecule has 0 bridgehead atoms. The summed E-state index contributed by atoms with van der Waals surface area (Å²) >= 11 is 0. The van der Waals surface area contributed by atoms with E-state index in [1.165, 1.54) is 27.6 Å². The lowest BCUT2D eigenvalue weighted by Crippen LogP contribution is -2.50. The third-order valence-electron chi connectivity index (χ3n) is 6.66. The summed E-state index contributed by atoms with van der Waals surface area (Å²) in [5.74, 6) is 1.61. The summed E-state index contributed by atoms with van der Waals surface area (Å²) in [5.41, 5.74) is 5.74. The lowest BCUT2D eigenvalue weighted by molar-refractivity contribution is 0.354. The fraction of sp³-hybridized carbons (Fsp3) is 0.556. The second-order valence-corrected chi connectivity index (χ2v) is 17.9. The standard InChI is InChI=1S/C27H44NOSi2/c1-14-15-29-24-22(17-19(3)25(30(10)11)23(24)27(5,6)7)31(12,13)26-20(4)18(2)16-21(26)28(8)9/h14,16-17,20H,1,15H2,2-13H3. The Labute approximate surface area is 194 Å². The Morgan fingerprint density at radius 2 is 1.77 bits per heavy atom. The first-order chi connectivity index (χ1) is 14.2. The minimum atomic E-state index is -2.03. The van der Waals surface area contributed by atoms with Gasteiger partial charge in [0.1, 0.15) is 20.4 Å². The van der Waals surface area contributed by atoms with Crippen molar-refractivity contribution in [3.63, 3.8) is 0 Å². The number of benzene rings is 1. The molecule has 1 aliphatic carbocycles. The van der Waals surface area contributed by atoms with Crippen LogP contribution in [0.3, 0.4) is 0 Å². The topological polar surface area (TPSA) is 12.5 Å². The highest BCUT2D eigenvalue weighted by Gasteiger charge is 2.41. The highest BCUT2D eigenvalue weighted by atomic mass is 28.3. The van der Waals surface area contributed by atoms with Gasteiger partial charge in [0.05, 0.1) is 8.80 Å². The van der Waals surface area contributed by atoms with Crippen molar-refractivity contribution in [2.45, 2.75) is 73.1 Å². The molecule has 1 aliphatic rings. The SMILES string of the molecule is C=CCOc1c([Si](C)(C)C2=C(N(C)C)C=C(C)C2C)cc(C)c([Si](C)C)c1C(C)(C)C. The van der Waals surface area contributed by atoms with E-state index in [9.17, 15) is 0 Å². The number of allylic oxidation sites excluding steroid dienone is 3. The molecule has 1 aromatic rings. The van der Waals surface area contributed by atoms with E-state index < -0.39 is 16.9 Å². The van der Waals surface area contributed by atoms with Gasteiger partial charge in [-0.3, -0.25) is 0 Å². The number of hydrogen-bond acceptors (Lipinski definition) is 2. The van der Waals surface area contributed by atoms with Gasteiger partial charge in [-0.15, -0.1) is 0 Å². The molecule has 0 saturated carbocycles. The van der Waals surface area contributed by atoms with Gasteiger partial charge in [-0.1, -0.05) is 88.9 Å². The smallest absolute Gasteiger partial charge is 0.123 e. The first-order valence-electron chi connectivity index (χ1n) is 11.5. The molecule has 2 rings (SSSR count). The van der Waals surface area contributed by atoms with Crippen molar-refractivity contribution in [1.82, 2.24) is 4.90 Å². The number of aryl methyl sites for hydroxylation is 1. The summed E-state index contributed by atoms with van der Waals surface area (Å²) in [6.45, 7) is 28.3. The summed E-state index contributed by atoms with van der Waals surface area (Å²) in [6, 6.07) is 2.48. The molecule has 31 heavy (non-hydrogen) atoms. The van der Waals surface area contributed by atoms with Crippen molar-refractivity contribution >= 4 is 27.2 Å². The molecule has 0 fully saturated rings. The van der Waals surface area contributed by atoms with Crippen molar-refractivity contribution in [3.8, 4) is 5.75 Å². The van der Waals surface area contributed by atoms with Crippen LogP contribution in [0.1, 0.15) is 45.7 Å². The molecule has 0 N–H and O–H groups in total. The number of nitrogens with zero attached hydrogens (tertiary/aromatic N) is 1. The summed E-state index contributed by atoms with van der Waals surface area (Å²) in [7, 11) is 1.67. The van der Waals surface area contributed by atoms with E-state index in [2.05, 4.69) is 105 Å². The average Bonchev–Trinajstić information content (AvgIpc) is 2.94. The first kappa shape index (κ1) is 25.7. The lowest BCUT2D eigenvalue weighted by Gasteiger charge is -2.37. The fourth-order valence-corrected chi connectivity index (χ4v) is 10.9. The van der Waals surface area contributed by atoms with Crippen LogP contribution in [0.4, 0.5) is 0 Å². The lowest BCUT2D eigenvalue weighted by atomic mass is 9.85. The van der Waals surface area contributed by atoms with Crippen LogP contribution in [-0.4, -0.2) is 42.5 Å². The predicted octanol–water partition coefficient (Wildman–Crippen LogP) is 5.69. The molecule has 2 nitrogen and oxygen atoms in total. The van der Waals surface area contributed by atoms with Crippen LogP contribution in [0.15, 0.2) is 41.3 Å². The zero-order valence-corrected chi connectivity index (χ0v) is 24.1. The Morgan fingerprint density at radius 1 is 1.19 bits per heavy atom. The number of likely N-dealkylation sites (N-methyl/N-ethyl adjacent to an activating group) is 1. The molecule has 1 unspecified atom stereocenters. The highest BCUT2D eigenvalue weighted by Crippen LogP contribution is 2.40. The minimum absolute atomic E-state index is 0.0211. The number of ether oxygens (including phenoxy) is 1. The van der Waals surface area contributed by atoms with Crippen LogP contribution < -0.4 is 15.1 Å². The third kappa shape index (κ3) is 4.80. The maximum Gasteiger partial charge on any atom is 0.123 e. The van der Waals surface area contributed by atoms with Gasteiger partial charge in [0.2, 0.25) is 0 Å². The minimum Gasteiger partial charge on any atom is -0.489 e. The molecule has 0 aromatic heterocycles. The molecule has 0 saturated heterocycles. The molecular weight excluding hydrogens is 410 g/mol. The Kier molecular flexibility index (Phi) is 7.59. The number of rotatable bonds is 7. The summed E-state index contributed by atoms with van der Waals surface area (Å²) in [4.78, 5) is 2.30. The fourth-order valence-electron chi connectivity index (χ4n) is 5.16. The van der Waals surface area contributed by atoms with Crippen molar-refractivity contribution in [1.29, 1.82) is 0 Å².